The zero-order valence-corrected chi connectivity index (χ0v) is 14.4. The summed E-state index contributed by atoms with van der Waals surface area (Å²) in [5, 5.41) is 3.44. The van der Waals surface area contributed by atoms with Crippen molar-refractivity contribution >= 4 is 15.9 Å². The minimum Gasteiger partial charge on any atom is -0.491 e. The van der Waals surface area contributed by atoms with Crippen molar-refractivity contribution in [1.82, 2.24) is 14.9 Å². The Morgan fingerprint density at radius 2 is 2.19 bits per heavy atom. The molecule has 0 spiro atoms. The molecule has 1 heterocycles. The van der Waals surface area contributed by atoms with Crippen LogP contribution in [0, 0.1) is 6.92 Å². The van der Waals surface area contributed by atoms with Gasteiger partial charge < -0.3 is 14.6 Å². The molecule has 0 saturated carbocycles. The monoisotopic (exact) mass is 351 g/mol. The number of nitrogens with one attached hydrogen (secondary N) is 1. The summed E-state index contributed by atoms with van der Waals surface area (Å²) < 4.78 is 9.12. The third-order valence-corrected chi connectivity index (χ3v) is 3.63. The zero-order chi connectivity index (χ0) is 15.2. The molecule has 0 amide bonds. The molecule has 2 aromatic rings. The predicted molar refractivity (Wildman–Crippen MR) is 88.6 cm³/mol. The van der Waals surface area contributed by atoms with Crippen LogP contribution < -0.4 is 10.1 Å². The maximum absolute atomic E-state index is 6.02. The Morgan fingerprint density at radius 3 is 2.86 bits per heavy atom. The van der Waals surface area contributed by atoms with Gasteiger partial charge in [0, 0.05) is 35.0 Å². The number of ether oxygens (including phenoxy) is 1. The fourth-order valence-electron chi connectivity index (χ4n) is 2.12. The first-order valence-electron chi connectivity index (χ1n) is 7.17. The second-order valence-electron chi connectivity index (χ2n) is 5.40. The highest BCUT2D eigenvalue weighted by atomic mass is 79.9. The van der Waals surface area contributed by atoms with E-state index < -0.39 is 0 Å². The summed E-state index contributed by atoms with van der Waals surface area (Å²) in [5.41, 5.74) is 2.33. The van der Waals surface area contributed by atoms with Gasteiger partial charge in [0.25, 0.3) is 0 Å². The molecule has 2 rings (SSSR count). The Bertz CT molecular complexity index is 567. The van der Waals surface area contributed by atoms with Crippen molar-refractivity contribution in [1.29, 1.82) is 0 Å². The number of halogens is 1. The van der Waals surface area contributed by atoms with E-state index in [1.54, 1.807) is 12.5 Å². The Kier molecular flexibility index (Phi) is 5.82. The molecule has 114 valence electrons. The fourth-order valence-corrected chi connectivity index (χ4v) is 2.74. The van der Waals surface area contributed by atoms with Crippen LogP contribution >= 0.6 is 15.9 Å². The minimum absolute atomic E-state index is 0.447. The van der Waals surface area contributed by atoms with Crippen LogP contribution in [0.1, 0.15) is 25.0 Å². The smallest absolute Gasteiger partial charge is 0.126 e. The topological polar surface area (TPSA) is 39.1 Å². The van der Waals surface area contributed by atoms with Crippen LogP contribution in [0.4, 0.5) is 0 Å². The lowest BCUT2D eigenvalue weighted by atomic mass is 10.1. The minimum atomic E-state index is 0.447. The molecule has 0 unspecified atom stereocenters. The van der Waals surface area contributed by atoms with Gasteiger partial charge in [0.05, 0.1) is 12.9 Å². The van der Waals surface area contributed by atoms with Crippen LogP contribution in [-0.2, 0) is 13.1 Å². The number of imidazole rings is 1. The number of aryl methyl sites for hydroxylation is 1. The molecule has 0 radical (unpaired) electrons. The van der Waals surface area contributed by atoms with E-state index in [0.29, 0.717) is 12.6 Å². The van der Waals surface area contributed by atoms with Gasteiger partial charge in [-0.1, -0.05) is 29.8 Å². The second-order valence-corrected chi connectivity index (χ2v) is 6.31. The van der Waals surface area contributed by atoms with Crippen molar-refractivity contribution < 1.29 is 4.74 Å². The SMILES string of the molecule is Cc1cc(Br)cc(CNC(C)C)c1OCCn1ccnc1. The van der Waals surface area contributed by atoms with E-state index in [-0.39, 0.29) is 0 Å². The highest BCUT2D eigenvalue weighted by molar-refractivity contribution is 9.10. The van der Waals surface area contributed by atoms with E-state index in [9.17, 15) is 0 Å². The van der Waals surface area contributed by atoms with Crippen LogP contribution in [0.5, 0.6) is 5.75 Å². The van der Waals surface area contributed by atoms with Crippen molar-refractivity contribution in [2.75, 3.05) is 6.61 Å². The molecule has 0 atom stereocenters. The zero-order valence-electron chi connectivity index (χ0n) is 12.8. The van der Waals surface area contributed by atoms with Crippen LogP contribution in [0.2, 0.25) is 0 Å². The van der Waals surface area contributed by atoms with Gasteiger partial charge in [-0.15, -0.1) is 0 Å². The van der Waals surface area contributed by atoms with Crippen molar-refractivity contribution in [3.8, 4) is 5.75 Å². The van der Waals surface area contributed by atoms with Crippen LogP contribution in [0.3, 0.4) is 0 Å². The highest BCUT2D eigenvalue weighted by Crippen LogP contribution is 2.28. The lowest BCUT2D eigenvalue weighted by molar-refractivity contribution is 0.292. The summed E-state index contributed by atoms with van der Waals surface area (Å²) in [6.07, 6.45) is 5.53. The molecular formula is C16H22BrN3O. The van der Waals surface area contributed by atoms with Gasteiger partial charge in [-0.05, 0) is 24.6 Å². The van der Waals surface area contributed by atoms with E-state index in [1.807, 2.05) is 10.8 Å². The van der Waals surface area contributed by atoms with Crippen LogP contribution in [-0.4, -0.2) is 22.2 Å². The van der Waals surface area contributed by atoms with Gasteiger partial charge in [0.15, 0.2) is 0 Å². The molecule has 0 aliphatic heterocycles. The summed E-state index contributed by atoms with van der Waals surface area (Å²) in [5.74, 6) is 0.978. The van der Waals surface area contributed by atoms with E-state index in [0.717, 1.165) is 28.9 Å². The van der Waals surface area contributed by atoms with E-state index in [2.05, 4.69) is 59.1 Å². The third-order valence-electron chi connectivity index (χ3n) is 3.17. The summed E-state index contributed by atoms with van der Waals surface area (Å²) in [6.45, 7) is 8.60. The molecule has 0 aliphatic rings. The maximum Gasteiger partial charge on any atom is 0.126 e. The maximum atomic E-state index is 6.02. The number of benzene rings is 1. The molecule has 0 fully saturated rings. The number of hydrogen-bond donors (Lipinski definition) is 1. The molecule has 0 aliphatic carbocycles. The van der Waals surface area contributed by atoms with Gasteiger partial charge in [-0.2, -0.15) is 0 Å². The largest absolute Gasteiger partial charge is 0.491 e. The van der Waals surface area contributed by atoms with Crippen molar-refractivity contribution in [3.05, 3.63) is 46.5 Å². The molecule has 1 N–H and O–H groups in total. The van der Waals surface area contributed by atoms with Gasteiger partial charge in [0.1, 0.15) is 12.4 Å². The van der Waals surface area contributed by atoms with Crippen molar-refractivity contribution in [3.63, 3.8) is 0 Å². The molecule has 1 aromatic carbocycles. The number of nitrogens with zero attached hydrogens (tertiary/aromatic N) is 2. The summed E-state index contributed by atoms with van der Waals surface area (Å²) in [7, 11) is 0. The number of aromatic nitrogens is 2. The lowest BCUT2D eigenvalue weighted by Gasteiger charge is -2.17. The van der Waals surface area contributed by atoms with Gasteiger partial charge in [-0.25, -0.2) is 4.98 Å². The standard InChI is InChI=1S/C16H22BrN3O/c1-12(2)19-10-14-9-15(17)8-13(3)16(14)21-7-6-20-5-4-18-11-20/h4-5,8-9,11-12,19H,6-7,10H2,1-3H3. The first-order valence-corrected chi connectivity index (χ1v) is 7.96. The lowest BCUT2D eigenvalue weighted by Crippen LogP contribution is -2.22. The van der Waals surface area contributed by atoms with Crippen molar-refractivity contribution in [2.24, 2.45) is 0 Å². The third kappa shape index (κ3) is 4.86. The molecule has 1 aromatic heterocycles. The molecule has 21 heavy (non-hydrogen) atoms. The number of rotatable bonds is 7. The van der Waals surface area contributed by atoms with Crippen LogP contribution in [0.25, 0.3) is 0 Å². The van der Waals surface area contributed by atoms with Gasteiger partial charge in [-0.3, -0.25) is 0 Å². The highest BCUT2D eigenvalue weighted by Gasteiger charge is 2.09. The summed E-state index contributed by atoms with van der Waals surface area (Å²) >= 11 is 3.56. The van der Waals surface area contributed by atoms with Gasteiger partial charge in [0.2, 0.25) is 0 Å². The van der Waals surface area contributed by atoms with Crippen molar-refractivity contribution in [2.45, 2.75) is 39.9 Å². The first kappa shape index (κ1) is 16.0. The average molecular weight is 352 g/mol. The first-order chi connectivity index (χ1) is 10.1. The summed E-state index contributed by atoms with van der Waals surface area (Å²) in [4.78, 5) is 4.03. The average Bonchev–Trinajstić information content (AvgIpc) is 2.92. The van der Waals surface area contributed by atoms with E-state index in [1.165, 1.54) is 5.56 Å². The molecule has 5 heteroatoms. The second kappa shape index (κ2) is 7.61. The van der Waals surface area contributed by atoms with E-state index >= 15 is 0 Å². The normalized spacial score (nSPS) is 11.1. The quantitative estimate of drug-likeness (QED) is 0.829. The Balaban J connectivity index is 2.05. The Hall–Kier alpha value is -1.33. The van der Waals surface area contributed by atoms with E-state index in [4.69, 9.17) is 4.74 Å². The van der Waals surface area contributed by atoms with Gasteiger partial charge >= 0.3 is 0 Å². The van der Waals surface area contributed by atoms with Crippen LogP contribution in [0.15, 0.2) is 35.3 Å². The molecule has 0 bridgehead atoms. The Morgan fingerprint density at radius 1 is 1.38 bits per heavy atom. The molecular weight excluding hydrogens is 330 g/mol. The predicted octanol–water partition coefficient (Wildman–Crippen LogP) is 3.53. The Labute approximate surface area is 134 Å². The molecule has 0 saturated heterocycles. The summed E-state index contributed by atoms with van der Waals surface area (Å²) in [6, 6.07) is 4.66. The fraction of sp³-hybridized carbons (Fsp3) is 0.438. The molecule has 4 nitrogen and oxygen atoms in total. The number of hydrogen-bond acceptors (Lipinski definition) is 3.